The van der Waals surface area contributed by atoms with Gasteiger partial charge in [0, 0.05) is 23.6 Å². The second-order valence-corrected chi connectivity index (χ2v) is 4.69. The van der Waals surface area contributed by atoms with Gasteiger partial charge in [-0.3, -0.25) is 0 Å². The van der Waals surface area contributed by atoms with Crippen molar-refractivity contribution >= 4 is 23.6 Å². The van der Waals surface area contributed by atoms with Crippen LogP contribution in [0.4, 0.5) is 0 Å². The first-order chi connectivity index (χ1) is 11.1. The molecule has 0 spiro atoms. The normalized spacial score (nSPS) is 7.00. The van der Waals surface area contributed by atoms with Crippen LogP contribution in [0.15, 0.2) is 0 Å². The van der Waals surface area contributed by atoms with E-state index in [-0.39, 0.29) is 61.8 Å². The molecule has 0 aromatic rings. The topological polar surface area (TPSA) is 163 Å². The zero-order valence-corrected chi connectivity index (χ0v) is 22.0. The molecule has 0 aromatic carbocycles. The van der Waals surface area contributed by atoms with Gasteiger partial charge in [0.05, 0.1) is 0 Å². The van der Waals surface area contributed by atoms with Gasteiger partial charge < -0.3 is 51.5 Å². The third kappa shape index (κ3) is 116. The molecule has 0 aromatic heterocycles. The van der Waals surface area contributed by atoms with Gasteiger partial charge in [0.15, 0.2) is 0 Å². The van der Waals surface area contributed by atoms with Crippen molar-refractivity contribution in [3.05, 3.63) is 22.9 Å². The van der Waals surface area contributed by atoms with Crippen molar-refractivity contribution in [2.24, 2.45) is 0 Å². The number of amides is 4. The minimum Gasteiger partial charge on any atom is -1.00 e. The smallest absolute Gasteiger partial charge is 1.00 e. The van der Waals surface area contributed by atoms with Gasteiger partial charge in [0.2, 0.25) is 0 Å². The molecule has 0 atom stereocenters. The number of carbonyl (C=O) groups is 4. The van der Waals surface area contributed by atoms with Crippen molar-refractivity contribution in [3.63, 3.8) is 0 Å². The summed E-state index contributed by atoms with van der Waals surface area (Å²) in [5, 5.41) is 0. The van der Waals surface area contributed by atoms with Crippen LogP contribution in [0.3, 0.4) is 0 Å². The average Bonchev–Trinajstić information content (AvgIpc) is 2.39. The van der Waals surface area contributed by atoms with Crippen molar-refractivity contribution in [1.29, 1.82) is 0 Å². The predicted octanol–water partition coefficient (Wildman–Crippen LogP) is -0.536. The summed E-state index contributed by atoms with van der Waals surface area (Å²) in [7, 11) is 0. The fourth-order valence-electron chi connectivity index (χ4n) is 0.908. The molecule has 0 fully saturated rings. The van der Waals surface area contributed by atoms with Crippen LogP contribution < -0.4 is 9.41 Å². The van der Waals surface area contributed by atoms with Crippen LogP contribution in [0.25, 0.3) is 22.9 Å². The molecule has 0 unspecified atom stereocenters. The number of hydrogen-bond donors (Lipinski definition) is 0. The van der Waals surface area contributed by atoms with E-state index in [9.17, 15) is 19.2 Å². The first-order valence-electron chi connectivity index (χ1n) is 8.06. The molecule has 4 N–H and O–H groups in total. The van der Waals surface area contributed by atoms with Crippen molar-refractivity contribution < 1.29 is 81.0 Å². The molecule has 28 heavy (non-hydrogen) atoms. The molecule has 8 nitrogen and oxygen atoms in total. The third-order valence-corrected chi connectivity index (χ3v) is 1.91. The quantitative estimate of drug-likeness (QED) is 0.387. The van der Waals surface area contributed by atoms with Gasteiger partial charge in [-0.05, 0) is 25.7 Å². The standard InChI is InChI=1S/4C4H9NO.2FH.2Zr/c4*1-2-3-4(5)6;;;;/h4*2-3H2,1H3,(H2,5,6);2*1H;;/q;;;;;;2*+3/p-6. The largest absolute Gasteiger partial charge is 3.00 e. The van der Waals surface area contributed by atoms with Crippen LogP contribution >= 0.6 is 0 Å². The second-order valence-electron chi connectivity index (χ2n) is 4.69. The Morgan fingerprint density at radius 2 is 0.571 bits per heavy atom. The minimum atomic E-state index is -0.461. The summed E-state index contributed by atoms with van der Waals surface area (Å²) in [4.78, 5) is 38.8. The predicted molar refractivity (Wildman–Crippen MR) is 96.9 cm³/mol. The SMILES string of the molecule is CCCC([NH-])=O.CCCC([NH-])=O.CCCC([NH-])=O.CCCC([NH-])=O.[F-].[F-].[Zr+3].[Zr+3]. The molecule has 0 aliphatic rings. The molecule has 4 amide bonds. The van der Waals surface area contributed by atoms with Crippen molar-refractivity contribution in [1.82, 2.24) is 0 Å². The number of nitrogens with one attached hydrogen (secondary N) is 4. The first kappa shape index (κ1) is 50.8. The molecule has 0 heterocycles. The average molecular weight is 565 g/mol. The molecule has 0 aliphatic carbocycles. The van der Waals surface area contributed by atoms with E-state index in [1.807, 2.05) is 27.7 Å². The molecule has 12 heteroatoms. The summed E-state index contributed by atoms with van der Waals surface area (Å²) in [5.41, 5.74) is 25.4. The summed E-state index contributed by atoms with van der Waals surface area (Å²) in [5.74, 6) is -1.84. The summed E-state index contributed by atoms with van der Waals surface area (Å²) >= 11 is 0. The maximum Gasteiger partial charge on any atom is 3.00 e. The summed E-state index contributed by atoms with van der Waals surface area (Å²) in [6.07, 6.45) is 4.79. The van der Waals surface area contributed by atoms with Gasteiger partial charge in [-0.15, -0.1) is 0 Å². The van der Waals surface area contributed by atoms with Crippen molar-refractivity contribution in [3.8, 4) is 0 Å². The van der Waals surface area contributed by atoms with Crippen LogP contribution in [0.5, 0.6) is 0 Å². The fraction of sp³-hybridized carbons (Fsp3) is 0.750. The number of hydrogen-bond acceptors (Lipinski definition) is 4. The van der Waals surface area contributed by atoms with Gasteiger partial charge in [0.1, 0.15) is 0 Å². The van der Waals surface area contributed by atoms with Crippen LogP contribution in [-0.4, -0.2) is 23.6 Å². The Morgan fingerprint density at radius 3 is 0.571 bits per heavy atom. The van der Waals surface area contributed by atoms with E-state index in [1.54, 1.807) is 0 Å². The monoisotopic (exact) mass is 562 g/mol. The molecule has 0 saturated heterocycles. The second kappa shape index (κ2) is 45.3. The zero-order valence-electron chi connectivity index (χ0n) is 17.0. The maximum atomic E-state index is 9.71. The molecule has 0 saturated carbocycles. The third-order valence-electron chi connectivity index (χ3n) is 1.91. The molecule has 2 radical (unpaired) electrons. The number of carbonyl (C=O) groups excluding carboxylic acids is 4. The van der Waals surface area contributed by atoms with E-state index in [1.165, 1.54) is 0 Å². The van der Waals surface area contributed by atoms with Crippen molar-refractivity contribution in [2.45, 2.75) is 79.1 Å². The van der Waals surface area contributed by atoms with Gasteiger partial charge in [-0.2, -0.15) is 0 Å². The summed E-state index contributed by atoms with van der Waals surface area (Å²) in [6, 6.07) is 0. The Morgan fingerprint density at radius 1 is 0.464 bits per heavy atom. The van der Waals surface area contributed by atoms with Gasteiger partial charge in [-0.1, -0.05) is 53.4 Å². The van der Waals surface area contributed by atoms with Gasteiger partial charge in [0.25, 0.3) is 0 Å². The maximum absolute atomic E-state index is 9.71. The Kier molecular flexibility index (Phi) is 82.2. The summed E-state index contributed by atoms with van der Waals surface area (Å²) in [6.45, 7) is 7.53. The molecular formula is C16H32F2N4O4Zr2. The molecular weight excluding hydrogens is 533 g/mol. The minimum absolute atomic E-state index is 0. The van der Waals surface area contributed by atoms with E-state index in [2.05, 4.69) is 0 Å². The van der Waals surface area contributed by atoms with E-state index < -0.39 is 23.6 Å². The number of rotatable bonds is 8. The Hall–Kier alpha value is -0.494. The number of halogens is 2. The van der Waals surface area contributed by atoms with Crippen LogP contribution in [0.1, 0.15) is 79.1 Å². The van der Waals surface area contributed by atoms with E-state index in [0.29, 0.717) is 25.7 Å². The van der Waals surface area contributed by atoms with Gasteiger partial charge >= 0.3 is 52.4 Å². The van der Waals surface area contributed by atoms with Crippen LogP contribution in [0.2, 0.25) is 0 Å². The van der Waals surface area contributed by atoms with Gasteiger partial charge in [-0.25, -0.2) is 0 Å². The van der Waals surface area contributed by atoms with E-state index in [4.69, 9.17) is 22.9 Å². The molecule has 0 rings (SSSR count). The zero-order chi connectivity index (χ0) is 20.0. The van der Waals surface area contributed by atoms with E-state index >= 15 is 0 Å². The van der Waals surface area contributed by atoms with E-state index in [0.717, 1.165) is 25.7 Å². The van der Waals surface area contributed by atoms with Crippen LogP contribution in [0, 0.1) is 0 Å². The first-order valence-corrected chi connectivity index (χ1v) is 8.06. The Balaban J connectivity index is -0.0000000303. The molecule has 162 valence electrons. The Bertz CT molecular complexity index is 291. The summed E-state index contributed by atoms with van der Waals surface area (Å²) < 4.78 is 0. The molecule has 0 aliphatic heterocycles. The Labute approximate surface area is 205 Å². The molecule has 0 bridgehead atoms. The van der Waals surface area contributed by atoms with Crippen LogP contribution in [-0.2, 0) is 71.6 Å². The van der Waals surface area contributed by atoms with Crippen molar-refractivity contribution in [2.75, 3.05) is 0 Å². The fourth-order valence-corrected chi connectivity index (χ4v) is 0.908.